The van der Waals surface area contributed by atoms with Crippen LogP contribution in [0.2, 0.25) is 0 Å². The molecule has 0 bridgehead atoms. The summed E-state index contributed by atoms with van der Waals surface area (Å²) in [5, 5.41) is 8.57. The van der Waals surface area contributed by atoms with Gasteiger partial charge in [-0.15, -0.1) is 0 Å². The molecule has 0 unspecified atom stereocenters. The van der Waals surface area contributed by atoms with Crippen molar-refractivity contribution in [3.05, 3.63) is 35.4 Å². The van der Waals surface area contributed by atoms with E-state index in [2.05, 4.69) is 37.3 Å². The molecule has 0 heterocycles. The Kier molecular flexibility index (Phi) is 4.86. The Morgan fingerprint density at radius 1 is 1.33 bits per heavy atom. The zero-order valence-corrected chi connectivity index (χ0v) is 9.36. The molecule has 1 aromatic rings. The molecule has 15 heavy (non-hydrogen) atoms. The van der Waals surface area contributed by atoms with Gasteiger partial charge in [-0.05, 0) is 25.8 Å². The summed E-state index contributed by atoms with van der Waals surface area (Å²) in [5.41, 5.74) is 2.41. The molecule has 0 spiro atoms. The van der Waals surface area contributed by atoms with Crippen LogP contribution in [0.3, 0.4) is 0 Å². The van der Waals surface area contributed by atoms with Crippen LogP contribution in [0.4, 0.5) is 0 Å². The maximum absolute atomic E-state index is 8.57. The SMILES string of the molecule is CCO[C@@H](CCC#N)c1ccc(C)cc1. The largest absolute Gasteiger partial charge is 0.374 e. The van der Waals surface area contributed by atoms with Gasteiger partial charge in [0.05, 0.1) is 12.2 Å². The van der Waals surface area contributed by atoms with Gasteiger partial charge in [-0.1, -0.05) is 29.8 Å². The maximum Gasteiger partial charge on any atom is 0.0834 e. The van der Waals surface area contributed by atoms with E-state index in [0.29, 0.717) is 13.0 Å². The molecule has 80 valence electrons. The quantitative estimate of drug-likeness (QED) is 0.735. The summed E-state index contributed by atoms with van der Waals surface area (Å²) in [6.45, 7) is 4.73. The van der Waals surface area contributed by atoms with Crippen LogP contribution >= 0.6 is 0 Å². The number of benzene rings is 1. The van der Waals surface area contributed by atoms with Crippen molar-refractivity contribution in [1.29, 1.82) is 5.26 Å². The molecule has 0 saturated carbocycles. The second-order valence-corrected chi connectivity index (χ2v) is 3.55. The van der Waals surface area contributed by atoms with Crippen molar-refractivity contribution in [1.82, 2.24) is 0 Å². The summed E-state index contributed by atoms with van der Waals surface area (Å²) >= 11 is 0. The van der Waals surface area contributed by atoms with Gasteiger partial charge < -0.3 is 4.74 Å². The van der Waals surface area contributed by atoms with Crippen molar-refractivity contribution in [2.45, 2.75) is 32.8 Å². The first kappa shape index (κ1) is 11.7. The van der Waals surface area contributed by atoms with Crippen LogP contribution in [-0.2, 0) is 4.74 Å². The standard InChI is InChI=1S/C13H17NO/c1-3-15-13(5-4-10-14)12-8-6-11(2)7-9-12/h6-9,13H,3-5H2,1-2H3/t13-/m0/s1. The topological polar surface area (TPSA) is 33.0 Å². The fraction of sp³-hybridized carbons (Fsp3) is 0.462. The van der Waals surface area contributed by atoms with Crippen LogP contribution < -0.4 is 0 Å². The van der Waals surface area contributed by atoms with Crippen LogP contribution in [0.1, 0.15) is 37.0 Å². The number of nitrogens with zero attached hydrogens (tertiary/aromatic N) is 1. The first-order valence-electron chi connectivity index (χ1n) is 5.33. The van der Waals surface area contributed by atoms with Gasteiger partial charge >= 0.3 is 0 Å². The molecule has 0 fully saturated rings. The van der Waals surface area contributed by atoms with Gasteiger partial charge in [0.2, 0.25) is 0 Å². The molecule has 0 N–H and O–H groups in total. The van der Waals surface area contributed by atoms with Crippen molar-refractivity contribution >= 4 is 0 Å². The summed E-state index contributed by atoms with van der Waals surface area (Å²) in [6.07, 6.45) is 1.38. The van der Waals surface area contributed by atoms with Crippen molar-refractivity contribution in [3.8, 4) is 6.07 Å². The predicted molar refractivity (Wildman–Crippen MR) is 60.4 cm³/mol. The zero-order valence-electron chi connectivity index (χ0n) is 9.36. The lowest BCUT2D eigenvalue weighted by Crippen LogP contribution is -2.04. The molecule has 0 aromatic heterocycles. The summed E-state index contributed by atoms with van der Waals surface area (Å²) in [6, 6.07) is 10.5. The highest BCUT2D eigenvalue weighted by molar-refractivity contribution is 5.23. The second kappa shape index (κ2) is 6.21. The average Bonchev–Trinajstić information content (AvgIpc) is 2.25. The van der Waals surface area contributed by atoms with E-state index in [0.717, 1.165) is 12.0 Å². The highest BCUT2D eigenvalue weighted by atomic mass is 16.5. The van der Waals surface area contributed by atoms with Crippen molar-refractivity contribution < 1.29 is 4.74 Å². The monoisotopic (exact) mass is 203 g/mol. The van der Waals surface area contributed by atoms with Crippen molar-refractivity contribution in [2.24, 2.45) is 0 Å². The second-order valence-electron chi connectivity index (χ2n) is 3.55. The van der Waals surface area contributed by atoms with Gasteiger partial charge in [-0.3, -0.25) is 0 Å². The zero-order chi connectivity index (χ0) is 11.1. The normalized spacial score (nSPS) is 12.1. The first-order chi connectivity index (χ1) is 7.27. The van der Waals surface area contributed by atoms with Crippen LogP contribution in [0, 0.1) is 18.3 Å². The van der Waals surface area contributed by atoms with Gasteiger partial charge in [-0.2, -0.15) is 5.26 Å². The van der Waals surface area contributed by atoms with Crippen LogP contribution in [-0.4, -0.2) is 6.61 Å². The lowest BCUT2D eigenvalue weighted by Gasteiger charge is -2.16. The molecule has 2 heteroatoms. The molecule has 0 amide bonds. The predicted octanol–water partition coefficient (Wildman–Crippen LogP) is 3.38. The number of hydrogen-bond donors (Lipinski definition) is 0. The summed E-state index contributed by atoms with van der Waals surface area (Å²) in [7, 11) is 0. The highest BCUT2D eigenvalue weighted by Gasteiger charge is 2.10. The molecule has 1 rings (SSSR count). The number of aryl methyl sites for hydroxylation is 1. The Labute approximate surface area is 91.5 Å². The Morgan fingerprint density at radius 3 is 2.53 bits per heavy atom. The number of ether oxygens (including phenoxy) is 1. The van der Waals surface area contributed by atoms with Gasteiger partial charge in [-0.25, -0.2) is 0 Å². The van der Waals surface area contributed by atoms with Crippen molar-refractivity contribution in [2.75, 3.05) is 6.61 Å². The molecule has 1 atom stereocenters. The molecule has 2 nitrogen and oxygen atoms in total. The minimum Gasteiger partial charge on any atom is -0.374 e. The van der Waals surface area contributed by atoms with E-state index in [1.54, 1.807) is 0 Å². The van der Waals surface area contributed by atoms with E-state index in [1.807, 2.05) is 6.92 Å². The Morgan fingerprint density at radius 2 is 2.00 bits per heavy atom. The first-order valence-corrected chi connectivity index (χ1v) is 5.33. The molecule has 0 radical (unpaired) electrons. The highest BCUT2D eigenvalue weighted by Crippen LogP contribution is 2.22. The summed E-state index contributed by atoms with van der Waals surface area (Å²) in [5.74, 6) is 0. The summed E-state index contributed by atoms with van der Waals surface area (Å²) in [4.78, 5) is 0. The summed E-state index contributed by atoms with van der Waals surface area (Å²) < 4.78 is 5.62. The van der Waals surface area contributed by atoms with Gasteiger partial charge in [0.1, 0.15) is 0 Å². The lowest BCUT2D eigenvalue weighted by atomic mass is 10.0. The minimum atomic E-state index is 0.0650. The minimum absolute atomic E-state index is 0.0650. The molecule has 0 aliphatic rings. The van der Waals surface area contributed by atoms with Crippen LogP contribution in [0.25, 0.3) is 0 Å². The van der Waals surface area contributed by atoms with Crippen LogP contribution in [0.5, 0.6) is 0 Å². The van der Waals surface area contributed by atoms with E-state index < -0.39 is 0 Å². The number of nitriles is 1. The van der Waals surface area contributed by atoms with Gasteiger partial charge in [0.25, 0.3) is 0 Å². The van der Waals surface area contributed by atoms with E-state index in [4.69, 9.17) is 10.00 Å². The third-order valence-corrected chi connectivity index (χ3v) is 2.34. The fourth-order valence-corrected chi connectivity index (χ4v) is 1.52. The molecule has 0 saturated heterocycles. The molecular formula is C13H17NO. The molecule has 1 aromatic carbocycles. The number of hydrogen-bond acceptors (Lipinski definition) is 2. The number of rotatable bonds is 5. The van der Waals surface area contributed by atoms with E-state index >= 15 is 0 Å². The van der Waals surface area contributed by atoms with E-state index in [1.165, 1.54) is 5.56 Å². The van der Waals surface area contributed by atoms with E-state index in [9.17, 15) is 0 Å². The Bertz CT molecular complexity index is 323. The maximum atomic E-state index is 8.57. The molecule has 0 aliphatic carbocycles. The third-order valence-electron chi connectivity index (χ3n) is 2.34. The lowest BCUT2D eigenvalue weighted by molar-refractivity contribution is 0.0572. The Hall–Kier alpha value is -1.33. The fourth-order valence-electron chi connectivity index (χ4n) is 1.52. The average molecular weight is 203 g/mol. The van der Waals surface area contributed by atoms with Crippen LogP contribution in [0.15, 0.2) is 24.3 Å². The molecule has 0 aliphatic heterocycles. The van der Waals surface area contributed by atoms with Gasteiger partial charge in [0, 0.05) is 13.0 Å². The Balaban J connectivity index is 2.70. The third kappa shape index (κ3) is 3.73. The molecular weight excluding hydrogens is 186 g/mol. The van der Waals surface area contributed by atoms with E-state index in [-0.39, 0.29) is 6.10 Å². The van der Waals surface area contributed by atoms with Gasteiger partial charge in [0.15, 0.2) is 0 Å². The smallest absolute Gasteiger partial charge is 0.0834 e. The van der Waals surface area contributed by atoms with Crippen molar-refractivity contribution in [3.63, 3.8) is 0 Å².